The Morgan fingerprint density at radius 3 is 2.42 bits per heavy atom. The van der Waals surface area contributed by atoms with Gasteiger partial charge in [0.25, 0.3) is 5.91 Å². The first-order chi connectivity index (χ1) is 23.7. The number of halogens is 4. The molecule has 2 aliphatic heterocycles. The Hall–Kier alpha value is -4.67. The number of aliphatic carboxylic acids is 1. The van der Waals surface area contributed by atoms with Gasteiger partial charge in [0.15, 0.2) is 0 Å². The van der Waals surface area contributed by atoms with Crippen molar-refractivity contribution in [2.75, 3.05) is 26.2 Å². The van der Waals surface area contributed by atoms with Gasteiger partial charge in [0.2, 0.25) is 5.91 Å². The topological polar surface area (TPSA) is 144 Å². The molecule has 0 radical (unpaired) electrons. The van der Waals surface area contributed by atoms with Gasteiger partial charge in [-0.3, -0.25) is 19.4 Å². The predicted molar refractivity (Wildman–Crippen MR) is 176 cm³/mol. The molecule has 50 heavy (non-hydrogen) atoms. The van der Waals surface area contributed by atoms with E-state index in [9.17, 15) is 37.2 Å². The SMILES string of the molecule is C/C=C(\C)O.CCCC1C(C(=O)N2CCC(C#N)(c3cc(F)ccc3OCCCC(=O)O)CC2)CCCN1C(=O)c1ncccc1C(F)(F)F. The first-order valence-electron chi connectivity index (χ1n) is 16.7. The van der Waals surface area contributed by atoms with Crippen molar-refractivity contribution in [1.29, 1.82) is 5.26 Å². The van der Waals surface area contributed by atoms with Crippen molar-refractivity contribution in [2.24, 2.45) is 5.92 Å². The summed E-state index contributed by atoms with van der Waals surface area (Å²) >= 11 is 0. The van der Waals surface area contributed by atoms with Crippen molar-refractivity contribution in [3.05, 3.63) is 71.0 Å². The maximum atomic E-state index is 14.4. The van der Waals surface area contributed by atoms with Crippen molar-refractivity contribution in [3.63, 3.8) is 0 Å². The third kappa shape index (κ3) is 9.95. The second-order valence-electron chi connectivity index (χ2n) is 12.4. The van der Waals surface area contributed by atoms with Gasteiger partial charge in [-0.15, -0.1) is 0 Å². The Morgan fingerprint density at radius 1 is 1.16 bits per heavy atom. The number of amides is 2. The molecule has 14 heteroatoms. The molecule has 2 saturated heterocycles. The minimum Gasteiger partial charge on any atom is -0.513 e. The molecule has 1 aromatic carbocycles. The Bertz CT molecular complexity index is 1560. The summed E-state index contributed by atoms with van der Waals surface area (Å²) in [6, 6.07) is 7.48. The van der Waals surface area contributed by atoms with Crippen molar-refractivity contribution >= 4 is 17.8 Å². The summed E-state index contributed by atoms with van der Waals surface area (Å²) in [6.45, 7) is 5.91. The fraction of sp³-hybridized carbons (Fsp3) is 0.528. The fourth-order valence-electron chi connectivity index (χ4n) is 6.38. The summed E-state index contributed by atoms with van der Waals surface area (Å²) in [5.41, 5.74) is -2.63. The molecule has 0 saturated carbocycles. The van der Waals surface area contributed by atoms with Crippen molar-refractivity contribution in [3.8, 4) is 11.8 Å². The molecule has 2 amide bonds. The van der Waals surface area contributed by atoms with Crippen LogP contribution >= 0.6 is 0 Å². The van der Waals surface area contributed by atoms with E-state index in [2.05, 4.69) is 11.1 Å². The van der Waals surface area contributed by atoms with E-state index in [4.69, 9.17) is 14.9 Å². The third-order valence-corrected chi connectivity index (χ3v) is 9.07. The highest BCUT2D eigenvalue weighted by atomic mass is 19.4. The third-order valence-electron chi connectivity index (χ3n) is 9.07. The lowest BCUT2D eigenvalue weighted by molar-refractivity contribution is -0.141. The minimum absolute atomic E-state index is 0.0652. The number of nitriles is 1. The Kier molecular flexibility index (Phi) is 14.2. The fourth-order valence-corrected chi connectivity index (χ4v) is 6.38. The van der Waals surface area contributed by atoms with E-state index in [-0.39, 0.29) is 63.6 Å². The summed E-state index contributed by atoms with van der Waals surface area (Å²) < 4.78 is 61.2. The number of pyridine rings is 1. The average Bonchev–Trinajstić information content (AvgIpc) is 3.10. The average molecular weight is 705 g/mol. The van der Waals surface area contributed by atoms with Crippen LogP contribution in [0.2, 0.25) is 0 Å². The number of aliphatic hydroxyl groups excluding tert-OH is 1. The molecule has 0 aliphatic carbocycles. The molecular formula is C36H44F4N4O6. The van der Waals surface area contributed by atoms with Gasteiger partial charge in [-0.2, -0.15) is 18.4 Å². The number of alkyl halides is 3. The molecule has 1 aromatic heterocycles. The summed E-state index contributed by atoms with van der Waals surface area (Å²) in [5.74, 6) is -2.62. The van der Waals surface area contributed by atoms with Crippen LogP contribution in [0.15, 0.2) is 48.4 Å². The molecule has 2 unspecified atom stereocenters. The number of piperidine rings is 2. The van der Waals surface area contributed by atoms with E-state index >= 15 is 0 Å². The zero-order chi connectivity index (χ0) is 37.1. The summed E-state index contributed by atoms with van der Waals surface area (Å²) in [4.78, 5) is 45.0. The number of nitrogens with zero attached hydrogens (tertiary/aromatic N) is 4. The molecule has 272 valence electrons. The summed E-state index contributed by atoms with van der Waals surface area (Å²) in [7, 11) is 0. The van der Waals surface area contributed by atoms with Gasteiger partial charge < -0.3 is 24.7 Å². The number of hydrogen-bond donors (Lipinski definition) is 2. The summed E-state index contributed by atoms with van der Waals surface area (Å²) in [6.07, 6.45) is 0.398. The quantitative estimate of drug-likeness (QED) is 0.152. The van der Waals surface area contributed by atoms with E-state index in [0.29, 0.717) is 37.0 Å². The van der Waals surface area contributed by atoms with Crippen molar-refractivity contribution in [2.45, 2.75) is 89.8 Å². The van der Waals surface area contributed by atoms with E-state index in [0.717, 1.165) is 18.3 Å². The number of likely N-dealkylation sites (tertiary alicyclic amines) is 2. The second-order valence-corrected chi connectivity index (χ2v) is 12.4. The number of carboxylic acid groups (broad SMARTS) is 1. The van der Waals surface area contributed by atoms with Gasteiger partial charge in [-0.05, 0) is 82.7 Å². The van der Waals surface area contributed by atoms with Crippen LogP contribution in [0.1, 0.15) is 93.8 Å². The molecule has 2 atom stereocenters. The van der Waals surface area contributed by atoms with E-state index in [1.165, 1.54) is 23.1 Å². The van der Waals surface area contributed by atoms with Gasteiger partial charge >= 0.3 is 12.1 Å². The predicted octanol–water partition coefficient (Wildman–Crippen LogP) is 7.06. The molecule has 4 rings (SSSR count). The normalized spacial score (nSPS) is 19.1. The van der Waals surface area contributed by atoms with Crippen LogP contribution in [0.4, 0.5) is 17.6 Å². The van der Waals surface area contributed by atoms with Crippen molar-refractivity contribution < 1.29 is 46.9 Å². The van der Waals surface area contributed by atoms with Crippen LogP contribution in [-0.4, -0.2) is 75.1 Å². The first kappa shape index (κ1) is 39.8. The highest BCUT2D eigenvalue weighted by Crippen LogP contribution is 2.42. The molecule has 3 heterocycles. The van der Waals surface area contributed by atoms with E-state index in [1.807, 2.05) is 6.92 Å². The van der Waals surface area contributed by atoms with Gasteiger partial charge in [0.1, 0.15) is 17.3 Å². The number of carbonyl (C=O) groups is 3. The first-order valence-corrected chi connectivity index (χ1v) is 16.7. The molecule has 2 N–H and O–H groups in total. The minimum atomic E-state index is -4.77. The number of carbonyl (C=O) groups excluding carboxylic acids is 2. The lowest BCUT2D eigenvalue weighted by Gasteiger charge is -2.44. The highest BCUT2D eigenvalue weighted by molar-refractivity contribution is 5.95. The molecule has 2 fully saturated rings. The van der Waals surface area contributed by atoms with Crippen LogP contribution in [0.3, 0.4) is 0 Å². The lowest BCUT2D eigenvalue weighted by Crippen LogP contribution is -2.55. The molecular weight excluding hydrogens is 660 g/mol. The van der Waals surface area contributed by atoms with Gasteiger partial charge in [-0.25, -0.2) is 4.39 Å². The van der Waals surface area contributed by atoms with Gasteiger partial charge in [0.05, 0.1) is 35.3 Å². The molecule has 2 aromatic rings. The monoisotopic (exact) mass is 704 g/mol. The number of carboxylic acids is 1. The largest absolute Gasteiger partial charge is 0.513 e. The Labute approximate surface area is 289 Å². The summed E-state index contributed by atoms with van der Waals surface area (Å²) in [5, 5.41) is 27.4. The Morgan fingerprint density at radius 2 is 1.84 bits per heavy atom. The molecule has 0 bridgehead atoms. The maximum absolute atomic E-state index is 14.4. The van der Waals surface area contributed by atoms with Crippen LogP contribution in [0.25, 0.3) is 0 Å². The van der Waals surface area contributed by atoms with Gasteiger partial charge in [-0.1, -0.05) is 19.4 Å². The zero-order valence-corrected chi connectivity index (χ0v) is 28.5. The van der Waals surface area contributed by atoms with Crippen LogP contribution in [0, 0.1) is 23.1 Å². The smallest absolute Gasteiger partial charge is 0.418 e. The molecule has 0 spiro atoms. The van der Waals surface area contributed by atoms with E-state index in [1.54, 1.807) is 24.8 Å². The molecule has 2 aliphatic rings. The number of hydrogen-bond acceptors (Lipinski definition) is 7. The van der Waals surface area contributed by atoms with Crippen LogP contribution in [0.5, 0.6) is 5.75 Å². The number of ether oxygens (including phenoxy) is 1. The zero-order valence-electron chi connectivity index (χ0n) is 28.5. The van der Waals surface area contributed by atoms with Crippen LogP contribution in [-0.2, 0) is 21.2 Å². The highest BCUT2D eigenvalue weighted by Gasteiger charge is 2.45. The number of benzene rings is 1. The Balaban J connectivity index is 0.00000126. The standard InChI is InChI=1S/C32H36F4N4O5.C4H8O/c1-2-6-25-22(7-4-15-40(25)30(44)28-23(32(34,35)36)8-3-14-38-28)29(43)39-16-12-31(20-37,13-17-39)24-19-21(33)10-11-26(24)45-18-5-9-27(41)42;1-3-4(2)5/h3,8,10-11,14,19,22,25H,2,4-7,9,12-13,15-18H2,1H3,(H,41,42);3,5H,1-2H3/b;4-3+. The van der Waals surface area contributed by atoms with Crippen molar-refractivity contribution in [1.82, 2.24) is 14.8 Å². The second kappa shape index (κ2) is 17.8. The number of aliphatic hydroxyl groups is 1. The van der Waals surface area contributed by atoms with Crippen LogP contribution < -0.4 is 4.74 Å². The lowest BCUT2D eigenvalue weighted by atomic mass is 9.73. The number of allylic oxidation sites excluding steroid dienone is 2. The maximum Gasteiger partial charge on any atom is 0.418 e. The van der Waals surface area contributed by atoms with E-state index < -0.39 is 52.5 Å². The number of aromatic nitrogens is 1. The number of rotatable bonds is 10. The van der Waals surface area contributed by atoms with Gasteiger partial charge in [0, 0.05) is 43.9 Å². The molecule has 10 nitrogen and oxygen atoms in total.